The lowest BCUT2D eigenvalue weighted by atomic mass is 10.2. The average Bonchev–Trinajstić information content (AvgIpc) is 2.85. The normalized spacial score (nSPS) is 10.6. The minimum atomic E-state index is -0.301. The molecule has 1 aromatic heterocycles. The van der Waals surface area contributed by atoms with E-state index in [2.05, 4.69) is 10.5 Å². The smallest absolute Gasteiger partial charge is 0.266 e. The molecule has 86 valence electrons. The molecule has 0 aliphatic heterocycles. The van der Waals surface area contributed by atoms with Gasteiger partial charge in [-0.25, -0.2) is 9.82 Å². The van der Waals surface area contributed by atoms with Crippen molar-refractivity contribution in [1.29, 1.82) is 0 Å². The lowest BCUT2D eigenvalue weighted by Crippen LogP contribution is -2.16. The third-order valence-corrected chi connectivity index (χ3v) is 2.86. The molecule has 1 aromatic carbocycles. The van der Waals surface area contributed by atoms with Gasteiger partial charge < -0.3 is 0 Å². The number of benzene rings is 1. The van der Waals surface area contributed by atoms with E-state index < -0.39 is 0 Å². The highest BCUT2D eigenvalue weighted by atomic mass is 32.1. The van der Waals surface area contributed by atoms with Crippen LogP contribution in [0.15, 0.2) is 46.9 Å². The molecule has 1 heterocycles. The van der Waals surface area contributed by atoms with Crippen LogP contribution < -0.4 is 5.43 Å². The first-order chi connectivity index (χ1) is 8.25. The summed E-state index contributed by atoms with van der Waals surface area (Å²) in [5, 5.41) is 5.60. The lowest BCUT2D eigenvalue weighted by molar-refractivity contribution is 0.0959. The molecule has 0 spiro atoms. The molecule has 1 N–H and O–H groups in total. The van der Waals surface area contributed by atoms with E-state index >= 15 is 0 Å². The predicted molar refractivity (Wildman–Crippen MR) is 65.8 cm³/mol. The quantitative estimate of drug-likeness (QED) is 0.658. The molecule has 0 radical (unpaired) electrons. The summed E-state index contributed by atoms with van der Waals surface area (Å²) in [6.45, 7) is 0. The molecule has 2 rings (SSSR count). The highest BCUT2D eigenvalue weighted by molar-refractivity contribution is 7.12. The van der Waals surface area contributed by atoms with Gasteiger partial charge in [0, 0.05) is 0 Å². The highest BCUT2D eigenvalue weighted by Crippen LogP contribution is 2.07. The fourth-order valence-corrected chi connectivity index (χ4v) is 1.79. The molecule has 0 saturated carbocycles. The van der Waals surface area contributed by atoms with Crippen LogP contribution in [-0.4, -0.2) is 12.1 Å². The number of carbonyl (C=O) groups is 1. The Kier molecular flexibility index (Phi) is 3.62. The molecule has 0 saturated heterocycles. The number of nitrogens with zero attached hydrogens (tertiary/aromatic N) is 1. The van der Waals surface area contributed by atoms with Crippen molar-refractivity contribution in [2.24, 2.45) is 5.10 Å². The van der Waals surface area contributed by atoms with Crippen molar-refractivity contribution in [2.75, 3.05) is 0 Å². The Morgan fingerprint density at radius 2 is 2.06 bits per heavy atom. The van der Waals surface area contributed by atoms with E-state index in [1.54, 1.807) is 24.3 Å². The van der Waals surface area contributed by atoms with Crippen molar-refractivity contribution in [1.82, 2.24) is 5.43 Å². The van der Waals surface area contributed by atoms with Gasteiger partial charge in [-0.15, -0.1) is 11.3 Å². The number of amides is 1. The van der Waals surface area contributed by atoms with E-state index in [-0.39, 0.29) is 11.7 Å². The van der Waals surface area contributed by atoms with Crippen molar-refractivity contribution >= 4 is 23.5 Å². The summed E-state index contributed by atoms with van der Waals surface area (Å²) in [5.41, 5.74) is 3.12. The molecule has 0 bridgehead atoms. The van der Waals surface area contributed by atoms with Gasteiger partial charge in [-0.1, -0.05) is 18.2 Å². The molecule has 0 aliphatic rings. The Hall–Kier alpha value is -2.01. The second-order valence-electron chi connectivity index (χ2n) is 3.23. The van der Waals surface area contributed by atoms with Crippen molar-refractivity contribution in [3.05, 3.63) is 58.0 Å². The molecule has 3 nitrogen and oxygen atoms in total. The van der Waals surface area contributed by atoms with Crippen molar-refractivity contribution in [2.45, 2.75) is 0 Å². The van der Waals surface area contributed by atoms with Crippen LogP contribution in [0.25, 0.3) is 0 Å². The van der Waals surface area contributed by atoms with E-state index in [0.29, 0.717) is 4.88 Å². The maximum atomic E-state index is 12.6. The van der Waals surface area contributed by atoms with Crippen LogP contribution in [0.3, 0.4) is 0 Å². The van der Waals surface area contributed by atoms with Gasteiger partial charge in [0.05, 0.1) is 11.1 Å². The van der Waals surface area contributed by atoms with Crippen LogP contribution >= 0.6 is 11.3 Å². The number of halogens is 1. The fraction of sp³-hybridized carbons (Fsp3) is 0. The zero-order valence-electron chi connectivity index (χ0n) is 8.76. The van der Waals surface area contributed by atoms with Crippen molar-refractivity contribution in [3.63, 3.8) is 0 Å². The van der Waals surface area contributed by atoms with Crippen molar-refractivity contribution in [3.8, 4) is 0 Å². The topological polar surface area (TPSA) is 41.5 Å². The molecule has 5 heteroatoms. The minimum Gasteiger partial charge on any atom is -0.266 e. The van der Waals surface area contributed by atoms with Gasteiger partial charge in [-0.2, -0.15) is 5.10 Å². The third kappa shape index (κ3) is 3.22. The van der Waals surface area contributed by atoms with Gasteiger partial charge in [0.2, 0.25) is 0 Å². The second kappa shape index (κ2) is 5.36. The zero-order chi connectivity index (χ0) is 12.1. The molecular formula is C12H9FN2OS. The Balaban J connectivity index is 1.94. The number of hydrogen-bond acceptors (Lipinski definition) is 3. The minimum absolute atomic E-state index is 0.252. The van der Waals surface area contributed by atoms with E-state index in [1.165, 1.54) is 29.7 Å². The van der Waals surface area contributed by atoms with Gasteiger partial charge >= 0.3 is 0 Å². The van der Waals surface area contributed by atoms with Gasteiger partial charge in [-0.05, 0) is 29.1 Å². The maximum Gasteiger partial charge on any atom is 0.281 e. The molecule has 0 unspecified atom stereocenters. The summed E-state index contributed by atoms with van der Waals surface area (Å²) in [6.07, 6.45) is 1.46. The second-order valence-corrected chi connectivity index (χ2v) is 4.18. The largest absolute Gasteiger partial charge is 0.281 e. The summed E-state index contributed by atoms with van der Waals surface area (Å²) >= 11 is 1.34. The molecule has 17 heavy (non-hydrogen) atoms. The first kappa shape index (κ1) is 11.5. The van der Waals surface area contributed by atoms with Crippen molar-refractivity contribution < 1.29 is 9.18 Å². The first-order valence-corrected chi connectivity index (χ1v) is 5.76. The molecule has 0 atom stereocenters. The van der Waals surface area contributed by atoms with Crippen LogP contribution in [0, 0.1) is 5.82 Å². The highest BCUT2D eigenvalue weighted by Gasteiger charge is 2.03. The molecule has 0 aliphatic carbocycles. The summed E-state index contributed by atoms with van der Waals surface area (Å²) in [4.78, 5) is 12.1. The van der Waals surface area contributed by atoms with Crippen LogP contribution in [0.1, 0.15) is 15.2 Å². The summed E-state index contributed by atoms with van der Waals surface area (Å²) in [6, 6.07) is 9.34. The number of hydrazone groups is 1. The number of rotatable bonds is 3. The number of nitrogens with one attached hydrogen (secondary N) is 1. The first-order valence-electron chi connectivity index (χ1n) is 4.88. The van der Waals surface area contributed by atoms with E-state index in [9.17, 15) is 9.18 Å². The molecular weight excluding hydrogens is 239 g/mol. The fourth-order valence-electron chi connectivity index (χ4n) is 1.18. The SMILES string of the molecule is O=C(NN=Cc1ccc(F)cc1)c1cccs1. The van der Waals surface area contributed by atoms with Gasteiger partial charge in [0.25, 0.3) is 5.91 Å². The Morgan fingerprint density at radius 1 is 1.29 bits per heavy atom. The van der Waals surface area contributed by atoms with Gasteiger partial charge in [0.1, 0.15) is 5.82 Å². The Morgan fingerprint density at radius 3 is 2.71 bits per heavy atom. The summed E-state index contributed by atoms with van der Waals surface area (Å²) in [7, 11) is 0. The van der Waals surface area contributed by atoms with E-state index in [1.807, 2.05) is 5.38 Å². The molecule has 0 fully saturated rings. The third-order valence-electron chi connectivity index (χ3n) is 1.99. The van der Waals surface area contributed by atoms with Crippen LogP contribution in [0.2, 0.25) is 0 Å². The Labute approximate surface area is 102 Å². The zero-order valence-corrected chi connectivity index (χ0v) is 9.58. The standard InChI is InChI=1S/C12H9FN2OS/c13-10-5-3-9(4-6-10)8-14-15-12(16)11-2-1-7-17-11/h1-8H,(H,15,16). The maximum absolute atomic E-state index is 12.6. The number of hydrogen-bond donors (Lipinski definition) is 1. The lowest BCUT2D eigenvalue weighted by Gasteiger charge is -1.95. The molecule has 2 aromatic rings. The summed E-state index contributed by atoms with van der Waals surface area (Å²) in [5.74, 6) is -0.553. The number of thiophene rings is 1. The van der Waals surface area contributed by atoms with Crippen LogP contribution in [-0.2, 0) is 0 Å². The number of carbonyl (C=O) groups excluding carboxylic acids is 1. The summed E-state index contributed by atoms with van der Waals surface area (Å²) < 4.78 is 12.6. The predicted octanol–water partition coefficient (Wildman–Crippen LogP) is 2.65. The van der Waals surface area contributed by atoms with Crippen LogP contribution in [0.4, 0.5) is 4.39 Å². The van der Waals surface area contributed by atoms with Crippen LogP contribution in [0.5, 0.6) is 0 Å². The Bertz CT molecular complexity index is 520. The molecule has 1 amide bonds. The van der Waals surface area contributed by atoms with Gasteiger partial charge in [-0.3, -0.25) is 4.79 Å². The van der Waals surface area contributed by atoms with E-state index in [4.69, 9.17) is 0 Å². The van der Waals surface area contributed by atoms with E-state index in [0.717, 1.165) is 5.56 Å². The monoisotopic (exact) mass is 248 g/mol. The van der Waals surface area contributed by atoms with Gasteiger partial charge in [0.15, 0.2) is 0 Å². The average molecular weight is 248 g/mol.